The van der Waals surface area contributed by atoms with Crippen molar-refractivity contribution in [3.8, 4) is 0 Å². The second-order valence-corrected chi connectivity index (χ2v) is 5.37. The van der Waals surface area contributed by atoms with E-state index >= 15 is 0 Å². The summed E-state index contributed by atoms with van der Waals surface area (Å²) >= 11 is 12.6. The molecule has 20 heavy (non-hydrogen) atoms. The Kier molecular flexibility index (Phi) is 3.38. The molecule has 1 unspecified atom stereocenters. The molecule has 0 aliphatic heterocycles. The summed E-state index contributed by atoms with van der Waals surface area (Å²) in [5.41, 5.74) is 7.55. The zero-order chi connectivity index (χ0) is 24.5. The van der Waals surface area contributed by atoms with Gasteiger partial charge < -0.3 is 5.73 Å². The van der Waals surface area contributed by atoms with Crippen molar-refractivity contribution in [2.24, 2.45) is 10.7 Å². The number of hydrogen-bond acceptors (Lipinski definition) is 2. The Morgan fingerprint density at radius 3 is 2.70 bits per heavy atom. The molecule has 1 aromatic rings. The van der Waals surface area contributed by atoms with Crippen LogP contribution in [-0.4, -0.2) is 30.9 Å². The molecule has 1 rings (SSSR count). The van der Waals surface area contributed by atoms with E-state index in [9.17, 15) is 4.79 Å². The first kappa shape index (κ1) is 10.5. The number of rotatable bonds is 2. The summed E-state index contributed by atoms with van der Waals surface area (Å²) < 4.78 is 48.0. The van der Waals surface area contributed by atoms with Crippen LogP contribution in [-0.2, 0) is 4.79 Å². The van der Waals surface area contributed by atoms with Crippen molar-refractivity contribution >= 4 is 35.1 Å². The zero-order valence-corrected chi connectivity index (χ0v) is 13.7. The van der Waals surface area contributed by atoms with Crippen LogP contribution in [0.3, 0.4) is 0 Å². The van der Waals surface area contributed by atoms with Crippen molar-refractivity contribution < 1.29 is 22.3 Å². The molecule has 6 heteroatoms. The van der Waals surface area contributed by atoms with Crippen LogP contribution in [0.2, 0.25) is 10.0 Å². The van der Waals surface area contributed by atoms with E-state index in [1.807, 2.05) is 0 Å². The number of nitrogens with two attached hydrogens (primary N) is 1. The van der Waals surface area contributed by atoms with E-state index in [0.717, 1.165) is 5.56 Å². The third-order valence-electron chi connectivity index (χ3n) is 3.37. The van der Waals surface area contributed by atoms with E-state index in [2.05, 4.69) is 4.99 Å². The average molecular weight is 339 g/mol. The second kappa shape index (κ2) is 6.46. The number of amides is 1. The first-order valence-electron chi connectivity index (χ1n) is 10.6. The fraction of sp³-hybridized carbons (Fsp3) is 0.429. The van der Waals surface area contributed by atoms with E-state index < -0.39 is 5.92 Å². The standard InChI is InChI=1S/C14H19Cl2N3O.7H2/c1-7-6-10(15)11(12(16)8(7)2)9(3)13(20)19(5)14(17)18-4;;;;;;;/h6,9H,1-5H3,(H2,17,18);7*1H/i6D;4*1+1D;;;. The van der Waals surface area contributed by atoms with Gasteiger partial charge in [-0.25, -0.2) is 0 Å². The van der Waals surface area contributed by atoms with E-state index in [4.69, 9.17) is 42.2 Å². The average Bonchev–Trinajstić information content (AvgIpc) is 2.80. The molecule has 0 aliphatic rings. The van der Waals surface area contributed by atoms with Gasteiger partial charge in [-0.3, -0.25) is 14.7 Å². The van der Waals surface area contributed by atoms with Crippen LogP contribution in [0.25, 0.3) is 0 Å². The van der Waals surface area contributed by atoms with E-state index in [0.29, 0.717) is 16.1 Å². The van der Waals surface area contributed by atoms with Crippen molar-refractivity contribution in [2.45, 2.75) is 26.7 Å². The molecule has 0 aromatic heterocycles. The Labute approximate surface area is 147 Å². The number of likely N-dealkylation sites (N-methyl/N-ethyl adjacent to an activating group) is 1. The molecule has 124 valence electrons. The number of aliphatic imine (C=N–C) groups is 1. The number of hydrogen-bond donors (Lipinski definition) is 1. The van der Waals surface area contributed by atoms with Gasteiger partial charge in [0.05, 0.1) is 7.29 Å². The number of guanidine groups is 1. The highest BCUT2D eigenvalue weighted by atomic mass is 35.5. The van der Waals surface area contributed by atoms with Crippen LogP contribution in [0.4, 0.5) is 0 Å². The number of carbonyl (C=O) groups is 1. The Morgan fingerprint density at radius 2 is 2.20 bits per heavy atom. The Hall–Kier alpha value is -1.26. The summed E-state index contributed by atoms with van der Waals surface area (Å²) in [6.07, 6.45) is 0. The molecule has 0 radical (unpaired) electrons. The van der Waals surface area contributed by atoms with Crippen LogP contribution in [0, 0.1) is 13.8 Å². The number of halogens is 2. The van der Waals surface area contributed by atoms with Crippen LogP contribution in [0.5, 0.6) is 0 Å². The quantitative estimate of drug-likeness (QED) is 0.619. The van der Waals surface area contributed by atoms with Gasteiger partial charge in [0.2, 0.25) is 5.91 Å². The minimum Gasteiger partial charge on any atom is -0.369 e. The van der Waals surface area contributed by atoms with Gasteiger partial charge in [-0.15, -0.1) is 0 Å². The molecule has 0 aliphatic carbocycles. The molecule has 1 amide bonds. The Morgan fingerprint density at radius 1 is 1.65 bits per heavy atom. The predicted molar refractivity (Wildman–Crippen MR) is 99.5 cm³/mol. The van der Waals surface area contributed by atoms with Crippen molar-refractivity contribution in [3.05, 3.63) is 32.8 Å². The van der Waals surface area contributed by atoms with Crippen LogP contribution >= 0.6 is 23.2 Å². The molecule has 0 heterocycles. The monoisotopic (exact) mass is 338 g/mol. The molecule has 0 fully saturated rings. The second-order valence-electron chi connectivity index (χ2n) is 4.62. The highest BCUT2D eigenvalue weighted by Crippen LogP contribution is 2.36. The summed E-state index contributed by atoms with van der Waals surface area (Å²) in [5.74, 6) is -0.808. The number of nitrogens with zero attached hydrogens (tertiary/aromatic N) is 2. The van der Waals surface area contributed by atoms with Gasteiger partial charge in [0.25, 0.3) is 0 Å². The lowest BCUT2D eigenvalue weighted by molar-refractivity contribution is -0.127. The van der Waals surface area contributed by atoms with E-state index in [1.54, 1.807) is 20.8 Å². The zero-order valence-electron chi connectivity index (χ0n) is 21.2. The van der Waals surface area contributed by atoms with Gasteiger partial charge in [-0.1, -0.05) is 23.2 Å². The van der Waals surface area contributed by atoms with Gasteiger partial charge >= 0.3 is 0 Å². The maximum absolute atomic E-state index is 12.4. The highest BCUT2D eigenvalue weighted by Gasteiger charge is 2.26. The van der Waals surface area contributed by atoms with E-state index in [1.165, 1.54) is 19.0 Å². The smallest absolute Gasteiger partial charge is 0.236 e. The summed E-state index contributed by atoms with van der Waals surface area (Å²) in [6, 6.07) is 0.188. The van der Waals surface area contributed by atoms with Crippen molar-refractivity contribution in [3.63, 3.8) is 0 Å². The van der Waals surface area contributed by atoms with E-state index in [-0.39, 0.29) is 27.2 Å². The molecule has 0 saturated carbocycles. The van der Waals surface area contributed by atoms with Gasteiger partial charge in [-0.2, -0.15) is 0 Å². The summed E-state index contributed by atoms with van der Waals surface area (Å²) in [5, 5.41) is 0.610. The van der Waals surface area contributed by atoms with Gasteiger partial charge in [-0.05, 0) is 37.9 Å². The van der Waals surface area contributed by atoms with Crippen LogP contribution in [0.15, 0.2) is 11.0 Å². The SMILES string of the molecule is [2H][2H].[2H][2H].[2H][2H].[2H][2H].[2H]c1c(C)c(C)c(Cl)c(C(C)C(=O)N(C)C(N)=NC)c1Cl.[HH].[HH].[HH]. The Bertz CT molecular complexity index is 612. The molecule has 1 atom stereocenters. The summed E-state index contributed by atoms with van der Waals surface area (Å²) in [4.78, 5) is 17.5. The summed E-state index contributed by atoms with van der Waals surface area (Å²) in [7, 11) is 3.04. The van der Waals surface area contributed by atoms with Gasteiger partial charge in [0.1, 0.15) is 0 Å². The Balaban J connectivity index is -0.000000102. The molecule has 0 saturated heterocycles. The third-order valence-corrected chi connectivity index (χ3v) is 4.15. The van der Waals surface area contributed by atoms with Gasteiger partial charge in [0.15, 0.2) is 5.96 Å². The van der Waals surface area contributed by atoms with Crippen molar-refractivity contribution in [2.75, 3.05) is 14.1 Å². The maximum atomic E-state index is 12.4. The minimum atomic E-state index is -0.626. The lowest BCUT2D eigenvalue weighted by Gasteiger charge is -2.23. The third kappa shape index (κ3) is 3.07. The molecule has 2 N–H and O–H groups in total. The lowest BCUT2D eigenvalue weighted by atomic mass is 9.95. The van der Waals surface area contributed by atoms with Gasteiger partial charge in [0, 0.05) is 45.9 Å². The molecule has 4 nitrogen and oxygen atoms in total. The first-order valence-corrected chi connectivity index (χ1v) is 6.85. The normalized spacial score (nSPS) is 15.6. The first-order chi connectivity index (χ1) is 13.6. The minimum absolute atomic E-state index is 0. The van der Waals surface area contributed by atoms with Crippen LogP contribution in [0.1, 0.15) is 47.1 Å². The molecule has 1 aromatic carbocycles. The number of carbonyl (C=O) groups excluding carboxylic acids is 1. The topological polar surface area (TPSA) is 58.7 Å². The molecular weight excluding hydrogens is 297 g/mol. The highest BCUT2D eigenvalue weighted by molar-refractivity contribution is 6.37. The fourth-order valence-corrected chi connectivity index (χ4v) is 2.69. The number of benzene rings is 1. The predicted octanol–water partition coefficient (Wildman–Crippen LogP) is 4.84. The molecule has 0 bridgehead atoms. The van der Waals surface area contributed by atoms with Crippen molar-refractivity contribution in [1.29, 1.82) is 0 Å². The maximum Gasteiger partial charge on any atom is 0.236 e. The van der Waals surface area contributed by atoms with Crippen LogP contribution < -0.4 is 5.73 Å². The largest absolute Gasteiger partial charge is 0.369 e. The lowest BCUT2D eigenvalue weighted by Crippen LogP contribution is -2.41. The van der Waals surface area contributed by atoms with Crippen molar-refractivity contribution in [1.82, 2.24) is 4.90 Å². The molecule has 0 spiro atoms. The fourth-order valence-electron chi connectivity index (χ4n) is 1.85. The molecular formula is C14H33Cl2N3O. The summed E-state index contributed by atoms with van der Waals surface area (Å²) in [6.45, 7) is 5.26.